The lowest BCUT2D eigenvalue weighted by Gasteiger charge is -2.35. The molecule has 0 spiro atoms. The Bertz CT molecular complexity index is 2520. The zero-order valence-electron chi connectivity index (χ0n) is 43.3. The minimum atomic E-state index is -4.16. The van der Waals surface area contributed by atoms with Gasteiger partial charge in [-0.15, -0.1) is 0 Å². The number of aliphatic hydroxyl groups is 1. The van der Waals surface area contributed by atoms with Crippen molar-refractivity contribution in [2.75, 3.05) is 72.4 Å². The monoisotopic (exact) mass is 1060 g/mol. The van der Waals surface area contributed by atoms with Crippen LogP contribution in [0, 0.1) is 34.0 Å². The van der Waals surface area contributed by atoms with E-state index in [-0.39, 0.29) is 59.4 Å². The molecule has 20 heteroatoms. The number of unbranched alkanes of at least 4 members (excludes halogenated alkanes) is 2. The average molecular weight is 1060 g/mol. The summed E-state index contributed by atoms with van der Waals surface area (Å²) in [5, 5.41) is 23.6. The molecule has 4 unspecified atom stereocenters. The van der Waals surface area contributed by atoms with Crippen molar-refractivity contribution >= 4 is 26.1 Å². The van der Waals surface area contributed by atoms with Gasteiger partial charge in [0.2, 0.25) is 20.0 Å². The molecular weight excluding hydrogens is 979 g/mol. The van der Waals surface area contributed by atoms with E-state index in [1.54, 1.807) is 28.6 Å². The highest BCUT2D eigenvalue weighted by atomic mass is 32.2. The third kappa shape index (κ3) is 16.4. The number of rotatable bonds is 24. The number of benzene rings is 3. The second-order valence-electron chi connectivity index (χ2n) is 21.2. The first-order valence-corrected chi connectivity index (χ1v) is 28.4. The van der Waals surface area contributed by atoms with Crippen LogP contribution in [0.2, 0.25) is 0 Å². The Kier molecular flexibility index (Phi) is 20.6. The molecule has 0 aliphatic carbocycles. The molecule has 0 aromatic heterocycles. The Hall–Kier alpha value is -4.72. The van der Waals surface area contributed by atoms with Gasteiger partial charge in [-0.1, -0.05) is 78.3 Å². The van der Waals surface area contributed by atoms with Gasteiger partial charge in [0.15, 0.2) is 29.3 Å². The summed E-state index contributed by atoms with van der Waals surface area (Å²) in [6, 6.07) is 19.9. The zero-order chi connectivity index (χ0) is 52.8. The van der Waals surface area contributed by atoms with Crippen molar-refractivity contribution < 1.29 is 59.9 Å². The number of nitrogens with two attached hydrogens (primary N) is 1. The molecule has 7 rings (SSSR count). The summed E-state index contributed by atoms with van der Waals surface area (Å²) < 4.78 is 97.2. The van der Waals surface area contributed by atoms with Crippen LogP contribution in [0.3, 0.4) is 0 Å². The lowest BCUT2D eigenvalue weighted by atomic mass is 9.87. The van der Waals surface area contributed by atoms with Crippen LogP contribution in [0.25, 0.3) is 0 Å². The number of fused-ring (bicyclic) bond motifs is 3. The second-order valence-corrected chi connectivity index (χ2v) is 25.0. The molecule has 404 valence electrons. The van der Waals surface area contributed by atoms with Crippen LogP contribution < -0.4 is 30.0 Å². The maximum atomic E-state index is 14.2. The minimum absolute atomic E-state index is 0.00155. The van der Waals surface area contributed by atoms with Crippen LogP contribution in [-0.2, 0) is 40.7 Å². The van der Waals surface area contributed by atoms with Crippen LogP contribution in [0.5, 0.6) is 23.0 Å². The van der Waals surface area contributed by atoms with Gasteiger partial charge >= 0.3 is 6.09 Å². The first-order chi connectivity index (χ1) is 34.7. The van der Waals surface area contributed by atoms with Crippen LogP contribution in [0.15, 0.2) is 76.5 Å². The van der Waals surface area contributed by atoms with Crippen LogP contribution in [0.4, 0.5) is 4.79 Å². The molecule has 4 N–H and O–H groups in total. The minimum Gasteiger partial charge on any atom is -0.486 e. The fourth-order valence-corrected chi connectivity index (χ4v) is 12.9. The number of alkyl carbamates (subject to hydrolysis) is 1. The third-order valence-electron chi connectivity index (χ3n) is 13.2. The molecule has 4 aliphatic heterocycles. The fourth-order valence-electron chi connectivity index (χ4n) is 9.43. The third-order valence-corrected chi connectivity index (χ3v) is 16.8. The summed E-state index contributed by atoms with van der Waals surface area (Å²) in [6.07, 6.45) is 2.50. The number of nitrogens with one attached hydrogen (secondary N) is 1. The fraction of sp³-hybridized carbons (Fsp3) is 0.623. The lowest BCUT2D eigenvalue weighted by molar-refractivity contribution is -0.0907. The number of nitriles is 1. The van der Waals surface area contributed by atoms with Crippen molar-refractivity contribution in [3.8, 4) is 29.1 Å². The van der Waals surface area contributed by atoms with Crippen molar-refractivity contribution in [1.82, 2.24) is 13.9 Å². The molecule has 5 atom stereocenters. The lowest BCUT2D eigenvalue weighted by Crippen LogP contribution is -2.52. The highest BCUT2D eigenvalue weighted by molar-refractivity contribution is 7.89. The number of carbonyl (C=O) groups excluding carboxylic acids is 1. The standard InChI is InChI=1S/C33H43N3O9S.C20H34N2O4S/c1-33(2,13-6-7-14-34)22-36(46(39,40)24-10-11-28-29(19-24)42-17-16-41-28)20-27(37)26(18-23-8-4-3-5-9-23)35-32(38)45-30-21-44-31-25(30)12-15-43-31;1-16(2)14-22(15-20(3,4)9-5-6-10-21)27(23,24)17-7-8-18-19(13-17)26-12-11-25-18/h3-5,8-11,19,25-27,30-31,37H,6-7,12-13,15-18,20-22H2,1-2H3,(H,35,38);7-8,13,16H,5-6,9-12,14-15,21H2,1-4H3/t25?,26-,27?,30?,31?;/m0./s1. The number of nitrogens with zero attached hydrogens (tertiary/aromatic N) is 3. The van der Waals surface area contributed by atoms with E-state index >= 15 is 0 Å². The van der Waals surface area contributed by atoms with Gasteiger partial charge in [-0.25, -0.2) is 21.6 Å². The Morgan fingerprint density at radius 1 is 0.781 bits per heavy atom. The SMILES string of the molecule is CC(C)(CCCC#N)CN(CC(O)[C@H](Cc1ccccc1)NC(=O)OC1COC2OCCC12)S(=O)(=O)c1ccc2c(c1)OCCO2.CC(C)CN(CC(C)(C)CCCCN)S(=O)(=O)c1ccc2c(c1)OCCO2. The maximum absolute atomic E-state index is 14.2. The topological polar surface area (TPSA) is 239 Å². The van der Waals surface area contributed by atoms with Crippen LogP contribution in [0.1, 0.15) is 92.1 Å². The van der Waals surface area contributed by atoms with Gasteiger partial charge in [0, 0.05) is 44.7 Å². The molecule has 2 saturated heterocycles. The van der Waals surface area contributed by atoms with Gasteiger partial charge < -0.3 is 49.3 Å². The van der Waals surface area contributed by atoms with E-state index in [1.165, 1.54) is 16.4 Å². The molecule has 1 amide bonds. The molecule has 73 heavy (non-hydrogen) atoms. The van der Waals surface area contributed by atoms with Gasteiger partial charge in [-0.2, -0.15) is 13.9 Å². The van der Waals surface area contributed by atoms with Gasteiger partial charge in [-0.3, -0.25) is 0 Å². The van der Waals surface area contributed by atoms with Crippen molar-refractivity contribution in [3.63, 3.8) is 0 Å². The molecular formula is C53H77N5O13S2. The summed E-state index contributed by atoms with van der Waals surface area (Å²) in [5.41, 5.74) is 5.80. The largest absolute Gasteiger partial charge is 0.486 e. The van der Waals surface area contributed by atoms with Crippen molar-refractivity contribution in [1.29, 1.82) is 5.26 Å². The second kappa shape index (κ2) is 26.2. The van der Waals surface area contributed by atoms with E-state index in [1.807, 2.05) is 58.0 Å². The Balaban J connectivity index is 0.000000274. The quantitative estimate of drug-likeness (QED) is 0.0775. The van der Waals surface area contributed by atoms with Gasteiger partial charge in [0.05, 0.1) is 47.1 Å². The van der Waals surface area contributed by atoms with Crippen LogP contribution >= 0.6 is 0 Å². The average Bonchev–Trinajstić information content (AvgIpc) is 3.98. The molecule has 3 aromatic carbocycles. The highest BCUT2D eigenvalue weighted by Crippen LogP contribution is 2.37. The Morgan fingerprint density at radius 3 is 1.88 bits per heavy atom. The van der Waals surface area contributed by atoms with Crippen molar-refractivity contribution in [2.24, 2.45) is 28.4 Å². The Morgan fingerprint density at radius 2 is 1.33 bits per heavy atom. The number of carbonyl (C=O) groups is 1. The number of amides is 1. The summed E-state index contributed by atoms with van der Waals surface area (Å²) >= 11 is 0. The molecule has 3 aromatic rings. The number of hydrogen-bond acceptors (Lipinski definition) is 15. The van der Waals surface area contributed by atoms with E-state index in [0.29, 0.717) is 94.9 Å². The van der Waals surface area contributed by atoms with Gasteiger partial charge in [0.1, 0.15) is 32.5 Å². The van der Waals surface area contributed by atoms with E-state index in [2.05, 4.69) is 25.2 Å². The van der Waals surface area contributed by atoms with E-state index in [4.69, 9.17) is 44.2 Å². The summed E-state index contributed by atoms with van der Waals surface area (Å²) in [7, 11) is -7.78. The van der Waals surface area contributed by atoms with E-state index in [0.717, 1.165) is 31.2 Å². The predicted molar refractivity (Wildman–Crippen MR) is 274 cm³/mol. The number of sulfonamides is 2. The molecule has 0 bridgehead atoms. The van der Waals surface area contributed by atoms with Crippen LogP contribution in [-0.4, -0.2) is 134 Å². The number of aliphatic hydroxyl groups excluding tert-OH is 1. The highest BCUT2D eigenvalue weighted by Gasteiger charge is 2.44. The smallest absolute Gasteiger partial charge is 0.407 e. The zero-order valence-corrected chi connectivity index (χ0v) is 45.0. The van der Waals surface area contributed by atoms with Crippen molar-refractivity contribution in [3.05, 3.63) is 72.3 Å². The first-order valence-electron chi connectivity index (χ1n) is 25.5. The normalized spacial score (nSPS) is 19.4. The van der Waals surface area contributed by atoms with Crippen molar-refractivity contribution in [2.45, 2.75) is 127 Å². The molecule has 18 nitrogen and oxygen atoms in total. The maximum Gasteiger partial charge on any atom is 0.407 e. The summed E-state index contributed by atoms with van der Waals surface area (Å²) in [5.74, 6) is 2.06. The Labute approximate surface area is 432 Å². The molecule has 4 aliphatic rings. The predicted octanol–water partition coefficient (Wildman–Crippen LogP) is 6.89. The van der Waals surface area contributed by atoms with Gasteiger partial charge in [0.25, 0.3) is 0 Å². The van der Waals surface area contributed by atoms with E-state index in [9.17, 15) is 26.7 Å². The molecule has 0 saturated carbocycles. The summed E-state index contributed by atoms with van der Waals surface area (Å²) in [4.78, 5) is 13.4. The molecule has 2 fully saturated rings. The number of ether oxygens (including phenoxy) is 7. The summed E-state index contributed by atoms with van der Waals surface area (Å²) in [6.45, 7) is 15.9. The molecule has 0 radical (unpaired) electrons. The number of hydrogen-bond donors (Lipinski definition) is 3. The van der Waals surface area contributed by atoms with Gasteiger partial charge in [-0.05, 0) is 91.6 Å². The molecule has 4 heterocycles. The first kappa shape index (κ1) is 57.6. The van der Waals surface area contributed by atoms with E-state index < -0.39 is 49.8 Å².